The Morgan fingerprint density at radius 2 is 2.26 bits per heavy atom. The van der Waals surface area contributed by atoms with E-state index in [1.807, 2.05) is 0 Å². The zero-order valence-corrected chi connectivity index (χ0v) is 10.0. The fourth-order valence-electron chi connectivity index (χ4n) is 1.52. The minimum Gasteiger partial charge on any atom is -0.374 e. The van der Waals surface area contributed by atoms with Crippen molar-refractivity contribution in [3.8, 4) is 0 Å². The summed E-state index contributed by atoms with van der Waals surface area (Å²) in [4.78, 5) is 21.2. The average Bonchev–Trinajstić information content (AvgIpc) is 2.61. The summed E-state index contributed by atoms with van der Waals surface area (Å²) in [6.07, 6.45) is -2.61. The van der Waals surface area contributed by atoms with Gasteiger partial charge in [0.2, 0.25) is 5.69 Å². The molecule has 0 saturated heterocycles. The molecule has 10 heteroatoms. The Morgan fingerprint density at radius 3 is 2.74 bits per heavy atom. The number of hydrogen-bond acceptors (Lipinski definition) is 5. The van der Waals surface area contributed by atoms with Gasteiger partial charge >= 0.3 is 5.69 Å². The highest BCUT2D eigenvalue weighted by atomic mass is 19.3. The zero-order chi connectivity index (χ0) is 14.6. The Bertz CT molecular complexity index is 489. The van der Waals surface area contributed by atoms with Crippen LogP contribution >= 0.6 is 0 Å². The number of nitro groups is 1. The van der Waals surface area contributed by atoms with Crippen LogP contribution in [-0.4, -0.2) is 40.3 Å². The van der Waals surface area contributed by atoms with Crippen molar-refractivity contribution in [3.63, 3.8) is 0 Å². The van der Waals surface area contributed by atoms with Crippen LogP contribution in [0.3, 0.4) is 0 Å². The predicted octanol–water partition coefficient (Wildman–Crippen LogP) is 0.480. The summed E-state index contributed by atoms with van der Waals surface area (Å²) in [7, 11) is 0. The molecule has 0 atom stereocenters. The molecule has 0 aliphatic carbocycles. The summed E-state index contributed by atoms with van der Waals surface area (Å²) in [6, 6.07) is 0. The minimum atomic E-state index is -2.61. The van der Waals surface area contributed by atoms with Crippen molar-refractivity contribution in [2.75, 3.05) is 13.2 Å². The molecular weight excluding hydrogens is 266 g/mol. The van der Waals surface area contributed by atoms with Crippen LogP contribution in [0.25, 0.3) is 0 Å². The monoisotopic (exact) mass is 278 g/mol. The highest BCUT2D eigenvalue weighted by molar-refractivity contribution is 5.95. The normalized spacial score (nSPS) is 10.9. The van der Waals surface area contributed by atoms with Crippen molar-refractivity contribution >= 4 is 11.6 Å². The molecule has 1 rings (SSSR count). The number of aromatic nitrogens is 2. The molecule has 1 heterocycles. The number of nitrogens with zero attached hydrogens (tertiary/aromatic N) is 3. The molecule has 0 unspecified atom stereocenters. The number of rotatable bonds is 7. The molecule has 0 fully saturated rings. The van der Waals surface area contributed by atoms with Gasteiger partial charge in [0.25, 0.3) is 12.3 Å². The second-order valence-corrected chi connectivity index (χ2v) is 3.59. The van der Waals surface area contributed by atoms with Crippen molar-refractivity contribution in [2.45, 2.75) is 19.9 Å². The van der Waals surface area contributed by atoms with Crippen molar-refractivity contribution in [2.24, 2.45) is 5.73 Å². The van der Waals surface area contributed by atoms with E-state index in [1.165, 1.54) is 6.92 Å². The number of hydrogen-bond donors (Lipinski definition) is 1. The van der Waals surface area contributed by atoms with Gasteiger partial charge in [0, 0.05) is 0 Å². The Labute approximate surface area is 106 Å². The molecule has 0 bridgehead atoms. The van der Waals surface area contributed by atoms with Gasteiger partial charge in [-0.1, -0.05) is 0 Å². The van der Waals surface area contributed by atoms with E-state index in [1.54, 1.807) is 0 Å². The largest absolute Gasteiger partial charge is 0.374 e. The van der Waals surface area contributed by atoms with Crippen LogP contribution in [-0.2, 0) is 11.3 Å². The lowest BCUT2D eigenvalue weighted by Crippen LogP contribution is -2.21. The van der Waals surface area contributed by atoms with Gasteiger partial charge in [0.15, 0.2) is 0 Å². The van der Waals surface area contributed by atoms with E-state index in [-0.39, 0.29) is 24.5 Å². The third-order valence-electron chi connectivity index (χ3n) is 2.20. The first-order valence-corrected chi connectivity index (χ1v) is 5.22. The Morgan fingerprint density at radius 1 is 1.63 bits per heavy atom. The lowest BCUT2D eigenvalue weighted by molar-refractivity contribution is -0.385. The van der Waals surface area contributed by atoms with Gasteiger partial charge in [-0.3, -0.25) is 19.6 Å². The topological polar surface area (TPSA) is 113 Å². The first kappa shape index (κ1) is 15.0. The molecule has 0 aromatic carbocycles. The minimum absolute atomic E-state index is 0.0210. The van der Waals surface area contributed by atoms with Crippen LogP contribution in [0, 0.1) is 17.0 Å². The lowest BCUT2D eigenvalue weighted by Gasteiger charge is -2.05. The van der Waals surface area contributed by atoms with Crippen molar-refractivity contribution in [1.29, 1.82) is 0 Å². The van der Waals surface area contributed by atoms with E-state index in [4.69, 9.17) is 5.73 Å². The summed E-state index contributed by atoms with van der Waals surface area (Å²) >= 11 is 0. The van der Waals surface area contributed by atoms with Crippen LogP contribution in [0.15, 0.2) is 0 Å². The highest BCUT2D eigenvalue weighted by Crippen LogP contribution is 2.22. The molecular formula is C9H12F2N4O4. The first-order chi connectivity index (χ1) is 8.84. The Hall–Kier alpha value is -2.10. The van der Waals surface area contributed by atoms with E-state index in [0.29, 0.717) is 0 Å². The SMILES string of the molecule is Cc1nn(CCOCC(F)F)c(C(N)=O)c1[N+](=O)[O-]. The summed E-state index contributed by atoms with van der Waals surface area (Å²) in [5.41, 5.74) is 4.22. The van der Waals surface area contributed by atoms with Crippen molar-refractivity contribution < 1.29 is 23.2 Å². The number of carbonyl (C=O) groups excluding carboxylic acids is 1. The second kappa shape index (κ2) is 6.18. The molecule has 1 amide bonds. The molecule has 19 heavy (non-hydrogen) atoms. The molecule has 0 aliphatic heterocycles. The number of nitrogens with two attached hydrogens (primary N) is 1. The summed E-state index contributed by atoms with van der Waals surface area (Å²) in [5, 5.41) is 14.6. The number of aryl methyl sites for hydroxylation is 1. The van der Waals surface area contributed by atoms with Crippen LogP contribution < -0.4 is 5.73 Å². The third-order valence-corrected chi connectivity index (χ3v) is 2.20. The summed E-state index contributed by atoms with van der Waals surface area (Å²) in [6.45, 7) is 0.345. The van der Waals surface area contributed by atoms with Gasteiger partial charge in [-0.2, -0.15) is 5.10 Å². The third kappa shape index (κ3) is 3.68. The molecule has 106 valence electrons. The fraction of sp³-hybridized carbons (Fsp3) is 0.556. The summed E-state index contributed by atoms with van der Waals surface area (Å²) in [5.74, 6) is -1.01. The van der Waals surface area contributed by atoms with Crippen LogP contribution in [0.1, 0.15) is 16.2 Å². The molecule has 2 N–H and O–H groups in total. The van der Waals surface area contributed by atoms with E-state index in [9.17, 15) is 23.7 Å². The number of carbonyl (C=O) groups is 1. The van der Waals surface area contributed by atoms with Gasteiger partial charge in [0.05, 0.1) is 18.1 Å². The molecule has 0 radical (unpaired) electrons. The van der Waals surface area contributed by atoms with Gasteiger partial charge in [-0.15, -0.1) is 0 Å². The standard InChI is InChI=1S/C9H12F2N4O4/c1-5-7(15(17)18)8(9(12)16)14(13-5)2-3-19-4-6(10)11/h6H,2-4H2,1H3,(H2,12,16). The molecule has 1 aromatic heterocycles. The zero-order valence-electron chi connectivity index (χ0n) is 10.0. The van der Waals surface area contributed by atoms with Crippen LogP contribution in [0.4, 0.5) is 14.5 Å². The Kier molecular flexibility index (Phi) is 4.87. The highest BCUT2D eigenvalue weighted by Gasteiger charge is 2.28. The van der Waals surface area contributed by atoms with E-state index < -0.39 is 29.6 Å². The quantitative estimate of drug-likeness (QED) is 0.442. The molecule has 0 aliphatic rings. The second-order valence-electron chi connectivity index (χ2n) is 3.59. The van der Waals surface area contributed by atoms with Crippen LogP contribution in [0.5, 0.6) is 0 Å². The van der Waals surface area contributed by atoms with Gasteiger partial charge in [-0.25, -0.2) is 8.78 Å². The molecule has 1 aromatic rings. The lowest BCUT2D eigenvalue weighted by atomic mass is 10.3. The number of alkyl halides is 2. The summed E-state index contributed by atoms with van der Waals surface area (Å²) < 4.78 is 29.3. The van der Waals surface area contributed by atoms with Gasteiger partial charge in [0.1, 0.15) is 12.3 Å². The first-order valence-electron chi connectivity index (χ1n) is 5.22. The number of ether oxygens (including phenoxy) is 1. The van der Waals surface area contributed by atoms with E-state index in [2.05, 4.69) is 9.84 Å². The predicted molar refractivity (Wildman–Crippen MR) is 59.0 cm³/mol. The fourth-order valence-corrected chi connectivity index (χ4v) is 1.52. The molecule has 0 saturated carbocycles. The van der Waals surface area contributed by atoms with Crippen molar-refractivity contribution in [3.05, 3.63) is 21.5 Å². The Balaban J connectivity index is 2.86. The maximum Gasteiger partial charge on any atom is 0.322 e. The van der Waals surface area contributed by atoms with Crippen molar-refractivity contribution in [1.82, 2.24) is 9.78 Å². The number of halogens is 2. The smallest absolute Gasteiger partial charge is 0.322 e. The molecule has 0 spiro atoms. The van der Waals surface area contributed by atoms with E-state index >= 15 is 0 Å². The van der Waals surface area contributed by atoms with E-state index in [0.717, 1.165) is 4.68 Å². The number of primary amides is 1. The average molecular weight is 278 g/mol. The maximum absolute atomic E-state index is 11.8. The number of amides is 1. The van der Waals surface area contributed by atoms with Crippen LogP contribution in [0.2, 0.25) is 0 Å². The molecule has 8 nitrogen and oxygen atoms in total. The van der Waals surface area contributed by atoms with Gasteiger partial charge < -0.3 is 10.5 Å². The van der Waals surface area contributed by atoms with Gasteiger partial charge in [-0.05, 0) is 6.92 Å². The maximum atomic E-state index is 11.8.